The van der Waals surface area contributed by atoms with Gasteiger partial charge in [-0.3, -0.25) is 13.9 Å². The van der Waals surface area contributed by atoms with Gasteiger partial charge in [0.2, 0.25) is 11.8 Å². The Morgan fingerprint density at radius 2 is 1.51 bits per heavy atom. The quantitative estimate of drug-likeness (QED) is 0.379. The molecule has 206 valence electrons. The van der Waals surface area contributed by atoms with E-state index in [1.54, 1.807) is 37.3 Å². The number of rotatable bonds is 11. The molecule has 1 N–H and O–H groups in total. The predicted octanol–water partition coefficient (Wildman–Crippen LogP) is 4.54. The predicted molar refractivity (Wildman–Crippen MR) is 149 cm³/mol. The number of hydrogen-bond donors (Lipinski definition) is 1. The summed E-state index contributed by atoms with van der Waals surface area (Å²) in [5, 5.41) is 3.06. The Labute approximate surface area is 229 Å². The number of anilines is 1. The summed E-state index contributed by atoms with van der Waals surface area (Å²) in [5.74, 6) is -1.32. The number of nitrogens with zero attached hydrogens (tertiary/aromatic N) is 2. The molecule has 0 spiro atoms. The minimum Gasteiger partial charge on any atom is -0.352 e. The lowest BCUT2D eigenvalue weighted by Crippen LogP contribution is -2.53. The average molecular weight is 552 g/mol. The number of hydrogen-bond acceptors (Lipinski definition) is 4. The Hall–Kier alpha value is -3.72. The molecular formula is C30H34FN3O4S. The van der Waals surface area contributed by atoms with Crippen molar-refractivity contribution in [1.29, 1.82) is 0 Å². The number of nitrogens with one attached hydrogen (secondary N) is 1. The Bertz CT molecular complexity index is 1350. The van der Waals surface area contributed by atoms with Gasteiger partial charge in [-0.15, -0.1) is 0 Å². The molecule has 0 unspecified atom stereocenters. The zero-order valence-corrected chi connectivity index (χ0v) is 22.8. The largest absolute Gasteiger partial charge is 0.352 e. The first-order chi connectivity index (χ1) is 18.8. The minimum absolute atomic E-state index is 0.0886. The number of halogens is 1. The lowest BCUT2D eigenvalue weighted by molar-refractivity contribution is -0.139. The second-order valence-electron chi connectivity index (χ2n) is 9.79. The van der Waals surface area contributed by atoms with Crippen LogP contribution in [-0.4, -0.2) is 50.3 Å². The van der Waals surface area contributed by atoms with E-state index in [1.807, 2.05) is 30.3 Å². The zero-order chi connectivity index (χ0) is 27.8. The number of benzene rings is 3. The van der Waals surface area contributed by atoms with E-state index in [4.69, 9.17) is 0 Å². The molecule has 1 fully saturated rings. The summed E-state index contributed by atoms with van der Waals surface area (Å²) in [5.41, 5.74) is 1.29. The fourth-order valence-electron chi connectivity index (χ4n) is 4.82. The monoisotopic (exact) mass is 551 g/mol. The lowest BCUT2D eigenvalue weighted by Gasteiger charge is -2.32. The smallest absolute Gasteiger partial charge is 0.264 e. The molecule has 1 aliphatic rings. The molecule has 4 rings (SSSR count). The highest BCUT2D eigenvalue weighted by atomic mass is 32.2. The zero-order valence-electron chi connectivity index (χ0n) is 22.0. The van der Waals surface area contributed by atoms with Crippen molar-refractivity contribution < 1.29 is 22.4 Å². The van der Waals surface area contributed by atoms with Gasteiger partial charge in [0.1, 0.15) is 18.4 Å². The van der Waals surface area contributed by atoms with E-state index < -0.39 is 34.3 Å². The molecule has 3 aromatic carbocycles. The van der Waals surface area contributed by atoms with Gasteiger partial charge >= 0.3 is 0 Å². The summed E-state index contributed by atoms with van der Waals surface area (Å²) in [7, 11) is -4.21. The summed E-state index contributed by atoms with van der Waals surface area (Å²) in [6.07, 6.45) is 4.44. The number of carbonyl (C=O) groups excluding carboxylic acids is 2. The second kappa shape index (κ2) is 12.9. The van der Waals surface area contributed by atoms with Gasteiger partial charge < -0.3 is 10.2 Å². The first kappa shape index (κ1) is 28.3. The van der Waals surface area contributed by atoms with Crippen LogP contribution in [0.3, 0.4) is 0 Å². The molecule has 1 saturated carbocycles. The van der Waals surface area contributed by atoms with E-state index in [1.165, 1.54) is 17.0 Å². The maximum absolute atomic E-state index is 13.8. The highest BCUT2D eigenvalue weighted by Crippen LogP contribution is 2.24. The first-order valence-electron chi connectivity index (χ1n) is 13.2. The molecular weight excluding hydrogens is 517 g/mol. The van der Waals surface area contributed by atoms with Crippen molar-refractivity contribution in [3.05, 3.63) is 96.3 Å². The van der Waals surface area contributed by atoms with Gasteiger partial charge in [0.15, 0.2) is 0 Å². The van der Waals surface area contributed by atoms with Gasteiger partial charge in [0, 0.05) is 12.6 Å². The Morgan fingerprint density at radius 3 is 2.13 bits per heavy atom. The maximum atomic E-state index is 13.8. The summed E-state index contributed by atoms with van der Waals surface area (Å²) in [4.78, 5) is 28.3. The van der Waals surface area contributed by atoms with E-state index in [2.05, 4.69) is 5.32 Å². The van der Waals surface area contributed by atoms with Crippen LogP contribution in [0.5, 0.6) is 0 Å². The van der Waals surface area contributed by atoms with Gasteiger partial charge in [-0.25, -0.2) is 12.8 Å². The van der Waals surface area contributed by atoms with Crippen LogP contribution in [0.1, 0.15) is 38.2 Å². The molecule has 7 nitrogen and oxygen atoms in total. The van der Waals surface area contributed by atoms with Crippen molar-refractivity contribution >= 4 is 27.5 Å². The summed E-state index contributed by atoms with van der Waals surface area (Å²) >= 11 is 0. The molecule has 1 aliphatic carbocycles. The van der Waals surface area contributed by atoms with E-state index in [0.717, 1.165) is 47.7 Å². The molecule has 0 aliphatic heterocycles. The Kier molecular flexibility index (Phi) is 9.35. The molecule has 0 heterocycles. The third-order valence-corrected chi connectivity index (χ3v) is 8.87. The molecule has 2 amide bonds. The first-order valence-corrected chi connectivity index (χ1v) is 14.7. The molecule has 9 heteroatoms. The van der Waals surface area contributed by atoms with Gasteiger partial charge in [-0.05, 0) is 68.1 Å². The van der Waals surface area contributed by atoms with Gasteiger partial charge in [0.05, 0.1) is 10.6 Å². The molecule has 0 bridgehead atoms. The molecule has 0 saturated heterocycles. The van der Waals surface area contributed by atoms with Crippen LogP contribution in [0.15, 0.2) is 89.8 Å². The second-order valence-corrected chi connectivity index (χ2v) is 11.7. The third-order valence-electron chi connectivity index (χ3n) is 7.08. The highest BCUT2D eigenvalue weighted by molar-refractivity contribution is 7.92. The van der Waals surface area contributed by atoms with Crippen LogP contribution in [-0.2, 0) is 26.0 Å². The summed E-state index contributed by atoms with van der Waals surface area (Å²) in [6, 6.07) is 21.7. The number of amides is 2. The fraction of sp³-hybridized carbons (Fsp3) is 0.333. The standard InChI is InChI=1S/C30H34FN3O4S/c1-23(30(36)32-26-12-8-9-13-26)33(21-20-24-10-4-2-5-11-24)29(35)22-34(27-14-6-3-7-15-27)39(37,38)28-18-16-25(31)17-19-28/h2-7,10-11,14-19,23,26H,8-9,12-13,20-22H2,1H3,(H,32,36)/t23-/m0/s1. The molecule has 0 radical (unpaired) electrons. The highest BCUT2D eigenvalue weighted by Gasteiger charge is 2.33. The van der Waals surface area contributed by atoms with Crippen molar-refractivity contribution in [3.8, 4) is 0 Å². The molecule has 0 aromatic heterocycles. The van der Waals surface area contributed by atoms with Gasteiger partial charge in [-0.1, -0.05) is 61.4 Å². The number of para-hydroxylation sites is 1. The Balaban J connectivity index is 1.62. The van der Waals surface area contributed by atoms with Crippen molar-refractivity contribution in [1.82, 2.24) is 10.2 Å². The van der Waals surface area contributed by atoms with Crippen LogP contribution < -0.4 is 9.62 Å². The van der Waals surface area contributed by atoms with E-state index in [0.29, 0.717) is 12.1 Å². The van der Waals surface area contributed by atoms with Crippen LogP contribution in [0.2, 0.25) is 0 Å². The normalized spacial score (nSPS) is 14.5. The van der Waals surface area contributed by atoms with Crippen LogP contribution >= 0.6 is 0 Å². The average Bonchev–Trinajstić information content (AvgIpc) is 3.46. The SMILES string of the molecule is C[C@@H](C(=O)NC1CCCC1)N(CCc1ccccc1)C(=O)CN(c1ccccc1)S(=O)(=O)c1ccc(F)cc1. The van der Waals surface area contributed by atoms with Crippen molar-refractivity contribution in [2.75, 3.05) is 17.4 Å². The van der Waals surface area contributed by atoms with E-state index in [-0.39, 0.29) is 23.4 Å². The van der Waals surface area contributed by atoms with Crippen LogP contribution in [0.4, 0.5) is 10.1 Å². The molecule has 39 heavy (non-hydrogen) atoms. The third kappa shape index (κ3) is 7.23. The molecule has 1 atom stereocenters. The molecule has 3 aromatic rings. The lowest BCUT2D eigenvalue weighted by atomic mass is 10.1. The van der Waals surface area contributed by atoms with Crippen molar-refractivity contribution in [3.63, 3.8) is 0 Å². The van der Waals surface area contributed by atoms with Crippen LogP contribution in [0, 0.1) is 5.82 Å². The topological polar surface area (TPSA) is 86.8 Å². The van der Waals surface area contributed by atoms with Gasteiger partial charge in [-0.2, -0.15) is 0 Å². The van der Waals surface area contributed by atoms with Crippen molar-refractivity contribution in [2.24, 2.45) is 0 Å². The van der Waals surface area contributed by atoms with E-state index >= 15 is 0 Å². The van der Waals surface area contributed by atoms with Crippen LogP contribution in [0.25, 0.3) is 0 Å². The number of carbonyl (C=O) groups is 2. The summed E-state index contributed by atoms with van der Waals surface area (Å²) in [6.45, 7) is 1.40. The van der Waals surface area contributed by atoms with Crippen molar-refractivity contribution in [2.45, 2.75) is 56.0 Å². The minimum atomic E-state index is -4.21. The fourth-order valence-corrected chi connectivity index (χ4v) is 6.23. The Morgan fingerprint density at radius 1 is 0.923 bits per heavy atom. The summed E-state index contributed by atoms with van der Waals surface area (Å²) < 4.78 is 41.9. The maximum Gasteiger partial charge on any atom is 0.264 e. The number of sulfonamides is 1. The van der Waals surface area contributed by atoms with Gasteiger partial charge in [0.25, 0.3) is 10.0 Å². The van der Waals surface area contributed by atoms with E-state index in [9.17, 15) is 22.4 Å².